The lowest BCUT2D eigenvalue weighted by atomic mass is 9.86. The molecule has 1 saturated carbocycles. The number of anilines is 3. The number of methoxy groups -OCH3 is 1. The molecule has 0 atom stereocenters. The van der Waals surface area contributed by atoms with Gasteiger partial charge in [-0.05, 0) is 43.9 Å². The van der Waals surface area contributed by atoms with Crippen molar-refractivity contribution in [1.29, 1.82) is 0 Å². The molecule has 0 amide bonds. The van der Waals surface area contributed by atoms with Gasteiger partial charge in [0.15, 0.2) is 0 Å². The zero-order chi connectivity index (χ0) is 21.1. The first kappa shape index (κ1) is 20.3. The maximum absolute atomic E-state index is 13.4. The van der Waals surface area contributed by atoms with E-state index in [1.807, 2.05) is 6.07 Å². The molecule has 2 heterocycles. The molecule has 1 fully saturated rings. The van der Waals surface area contributed by atoms with Crippen LogP contribution in [0.3, 0.4) is 0 Å². The zero-order valence-electron chi connectivity index (χ0n) is 16.4. The summed E-state index contributed by atoms with van der Waals surface area (Å²) >= 11 is 5.85. The molecule has 2 aromatic heterocycles. The highest BCUT2D eigenvalue weighted by Crippen LogP contribution is 2.29. The minimum absolute atomic E-state index is 0.0149. The first-order valence-electron chi connectivity index (χ1n) is 9.70. The van der Waals surface area contributed by atoms with Gasteiger partial charge in [0.1, 0.15) is 23.8 Å². The number of fused-ring (bicyclic) bond motifs is 1. The van der Waals surface area contributed by atoms with Gasteiger partial charge < -0.3 is 15.4 Å². The van der Waals surface area contributed by atoms with Gasteiger partial charge in [0, 0.05) is 24.0 Å². The Morgan fingerprint density at radius 1 is 1.17 bits per heavy atom. The van der Waals surface area contributed by atoms with Crippen molar-refractivity contribution in [2.75, 3.05) is 17.7 Å². The summed E-state index contributed by atoms with van der Waals surface area (Å²) in [4.78, 5) is 24.8. The smallest absolute Gasteiger partial charge is 0.308 e. The molecule has 0 unspecified atom stereocenters. The van der Waals surface area contributed by atoms with Crippen LogP contribution in [-0.2, 0) is 9.53 Å². The lowest BCUT2D eigenvalue weighted by Crippen LogP contribution is -2.30. The minimum atomic E-state index is -0.479. The van der Waals surface area contributed by atoms with Crippen molar-refractivity contribution in [1.82, 2.24) is 15.0 Å². The molecule has 0 saturated heterocycles. The third-order valence-electron chi connectivity index (χ3n) is 5.32. The summed E-state index contributed by atoms with van der Waals surface area (Å²) in [5.41, 5.74) is 1.34. The van der Waals surface area contributed by atoms with Crippen molar-refractivity contribution in [3.63, 3.8) is 0 Å². The standard InChI is InChI=1S/C21H21ClFN5O2/c1-30-21(29)12-2-4-13(5-3-12)27-19-9-18-15(10-24-19)20(26-11-25-18)28-14-6-7-17(23)16(22)8-14/h6-13H,2-5H2,1H3,(H,24,27)(H,25,26,28). The minimum Gasteiger partial charge on any atom is -0.469 e. The number of nitrogens with one attached hydrogen (secondary N) is 2. The fraction of sp³-hybridized carbons (Fsp3) is 0.333. The number of halogens is 2. The summed E-state index contributed by atoms with van der Waals surface area (Å²) in [6.45, 7) is 0. The molecule has 156 valence electrons. The quantitative estimate of drug-likeness (QED) is 0.568. The van der Waals surface area contributed by atoms with Gasteiger partial charge in [0.05, 0.1) is 29.0 Å². The highest BCUT2D eigenvalue weighted by Gasteiger charge is 2.27. The summed E-state index contributed by atoms with van der Waals surface area (Å²) in [5.74, 6) is 0.655. The number of hydrogen-bond acceptors (Lipinski definition) is 7. The van der Waals surface area contributed by atoms with Crippen molar-refractivity contribution in [3.8, 4) is 0 Å². The second-order valence-electron chi connectivity index (χ2n) is 7.28. The fourth-order valence-electron chi connectivity index (χ4n) is 3.69. The number of carbonyl (C=O) groups excluding carboxylic acids is 1. The third kappa shape index (κ3) is 4.43. The van der Waals surface area contributed by atoms with Crippen LogP contribution in [-0.4, -0.2) is 34.1 Å². The van der Waals surface area contributed by atoms with Crippen molar-refractivity contribution >= 4 is 45.8 Å². The summed E-state index contributed by atoms with van der Waals surface area (Å²) in [6.07, 6.45) is 6.51. The van der Waals surface area contributed by atoms with E-state index in [1.54, 1.807) is 12.3 Å². The number of carbonyl (C=O) groups is 1. The maximum atomic E-state index is 13.4. The molecule has 30 heavy (non-hydrogen) atoms. The van der Waals surface area contributed by atoms with E-state index in [-0.39, 0.29) is 23.0 Å². The Balaban J connectivity index is 1.47. The number of nitrogens with zero attached hydrogens (tertiary/aromatic N) is 3. The SMILES string of the molecule is COC(=O)C1CCC(Nc2cc3ncnc(Nc4ccc(F)c(Cl)c4)c3cn2)CC1. The molecule has 7 nitrogen and oxygen atoms in total. The first-order valence-corrected chi connectivity index (χ1v) is 10.1. The molecule has 2 N–H and O–H groups in total. The van der Waals surface area contributed by atoms with Crippen LogP contribution in [0.1, 0.15) is 25.7 Å². The molecule has 0 bridgehead atoms. The fourth-order valence-corrected chi connectivity index (χ4v) is 3.87. The predicted octanol–water partition coefficient (Wildman–Crippen LogP) is 4.70. The van der Waals surface area contributed by atoms with Gasteiger partial charge in [-0.2, -0.15) is 0 Å². The molecular weight excluding hydrogens is 409 g/mol. The van der Waals surface area contributed by atoms with Crippen molar-refractivity contribution in [2.45, 2.75) is 31.7 Å². The van der Waals surface area contributed by atoms with Gasteiger partial charge in [-0.15, -0.1) is 0 Å². The zero-order valence-corrected chi connectivity index (χ0v) is 17.1. The van der Waals surface area contributed by atoms with Gasteiger partial charge in [0.25, 0.3) is 0 Å². The van der Waals surface area contributed by atoms with Crippen LogP contribution in [0.5, 0.6) is 0 Å². The van der Waals surface area contributed by atoms with Gasteiger partial charge in [-0.1, -0.05) is 11.6 Å². The molecule has 0 aliphatic heterocycles. The van der Waals surface area contributed by atoms with E-state index >= 15 is 0 Å². The van der Waals surface area contributed by atoms with Gasteiger partial charge in [-0.25, -0.2) is 19.3 Å². The average molecular weight is 430 g/mol. The Morgan fingerprint density at radius 3 is 2.70 bits per heavy atom. The molecule has 1 aliphatic carbocycles. The second kappa shape index (κ2) is 8.79. The van der Waals surface area contributed by atoms with Crippen LogP contribution in [0.2, 0.25) is 5.02 Å². The highest BCUT2D eigenvalue weighted by molar-refractivity contribution is 6.31. The molecule has 1 aliphatic rings. The number of hydrogen-bond donors (Lipinski definition) is 2. The van der Waals surface area contributed by atoms with E-state index in [0.29, 0.717) is 11.5 Å². The van der Waals surface area contributed by atoms with E-state index in [4.69, 9.17) is 16.3 Å². The van der Waals surface area contributed by atoms with Crippen LogP contribution in [0.25, 0.3) is 10.9 Å². The Hall–Kier alpha value is -3.00. The maximum Gasteiger partial charge on any atom is 0.308 e. The molecule has 9 heteroatoms. The molecule has 1 aromatic carbocycles. The van der Waals surface area contributed by atoms with Crippen molar-refractivity contribution in [2.24, 2.45) is 5.92 Å². The van der Waals surface area contributed by atoms with Gasteiger partial charge in [0.2, 0.25) is 0 Å². The second-order valence-corrected chi connectivity index (χ2v) is 7.69. The normalized spacial score (nSPS) is 18.8. The summed E-state index contributed by atoms with van der Waals surface area (Å²) < 4.78 is 18.2. The number of benzene rings is 1. The van der Waals surface area contributed by atoms with E-state index in [1.165, 1.54) is 25.6 Å². The van der Waals surface area contributed by atoms with Crippen molar-refractivity contribution in [3.05, 3.63) is 47.6 Å². The van der Waals surface area contributed by atoms with Crippen molar-refractivity contribution < 1.29 is 13.9 Å². The number of esters is 1. The van der Waals surface area contributed by atoms with Crippen LogP contribution in [0.15, 0.2) is 36.8 Å². The Labute approximate surface area is 178 Å². The largest absolute Gasteiger partial charge is 0.469 e. The molecule has 0 spiro atoms. The van der Waals surface area contributed by atoms with E-state index in [0.717, 1.165) is 42.4 Å². The monoisotopic (exact) mass is 429 g/mol. The molecule has 0 radical (unpaired) electrons. The lowest BCUT2D eigenvalue weighted by molar-refractivity contribution is -0.146. The summed E-state index contributed by atoms with van der Waals surface area (Å²) in [7, 11) is 1.43. The van der Waals surface area contributed by atoms with E-state index in [2.05, 4.69) is 25.6 Å². The molecular formula is C21H21ClFN5O2. The van der Waals surface area contributed by atoms with Gasteiger partial charge >= 0.3 is 5.97 Å². The predicted molar refractivity (Wildman–Crippen MR) is 113 cm³/mol. The molecule has 3 aromatic rings. The highest BCUT2D eigenvalue weighted by atomic mass is 35.5. The first-order chi connectivity index (χ1) is 14.5. The lowest BCUT2D eigenvalue weighted by Gasteiger charge is -2.27. The van der Waals surface area contributed by atoms with Crippen LogP contribution >= 0.6 is 11.6 Å². The average Bonchev–Trinajstić information content (AvgIpc) is 2.76. The van der Waals surface area contributed by atoms with Crippen LogP contribution < -0.4 is 10.6 Å². The summed E-state index contributed by atoms with van der Waals surface area (Å²) in [5, 5.41) is 7.33. The van der Waals surface area contributed by atoms with E-state index < -0.39 is 5.82 Å². The Morgan fingerprint density at radius 2 is 1.97 bits per heavy atom. The third-order valence-corrected chi connectivity index (χ3v) is 5.61. The van der Waals surface area contributed by atoms with E-state index in [9.17, 15) is 9.18 Å². The molecule has 4 rings (SSSR count). The Bertz CT molecular complexity index is 1070. The Kier molecular flexibility index (Phi) is 5.94. The topological polar surface area (TPSA) is 89.0 Å². The summed E-state index contributed by atoms with van der Waals surface area (Å²) in [6, 6.07) is 6.49. The number of rotatable bonds is 5. The van der Waals surface area contributed by atoms with Crippen LogP contribution in [0, 0.1) is 11.7 Å². The van der Waals surface area contributed by atoms with Gasteiger partial charge in [-0.3, -0.25) is 4.79 Å². The number of pyridine rings is 1. The van der Waals surface area contributed by atoms with Crippen LogP contribution in [0.4, 0.5) is 21.7 Å². The number of ether oxygens (including phenoxy) is 1. The number of aromatic nitrogens is 3.